The fraction of sp³-hybridized carbons (Fsp3) is 0.261. The fourth-order valence-electron chi connectivity index (χ4n) is 3.98. The number of ether oxygens (including phenoxy) is 1. The summed E-state index contributed by atoms with van der Waals surface area (Å²) in [6.07, 6.45) is -0.697. The summed E-state index contributed by atoms with van der Waals surface area (Å²) in [6, 6.07) is 14.9. The number of carboxylic acids is 1. The third kappa shape index (κ3) is 3.66. The van der Waals surface area contributed by atoms with Crippen LogP contribution in [0, 0.1) is 13.8 Å². The third-order valence-corrected chi connectivity index (χ3v) is 5.52. The number of nitrogens with zero attached hydrogens (tertiary/aromatic N) is 1. The molecule has 1 aromatic heterocycles. The van der Waals surface area contributed by atoms with E-state index in [1.54, 1.807) is 13.8 Å². The Balaban J connectivity index is 1.45. The van der Waals surface area contributed by atoms with Crippen LogP contribution in [-0.4, -0.2) is 35.0 Å². The average molecular weight is 406 g/mol. The van der Waals surface area contributed by atoms with Gasteiger partial charge in [-0.25, -0.2) is 9.59 Å². The van der Waals surface area contributed by atoms with Gasteiger partial charge in [0.25, 0.3) is 0 Å². The van der Waals surface area contributed by atoms with E-state index in [1.807, 2.05) is 36.4 Å². The fourth-order valence-corrected chi connectivity index (χ4v) is 3.98. The summed E-state index contributed by atoms with van der Waals surface area (Å²) in [7, 11) is 0. The lowest BCUT2D eigenvalue weighted by molar-refractivity contribution is -0.139. The van der Waals surface area contributed by atoms with Gasteiger partial charge in [0.1, 0.15) is 18.4 Å². The highest BCUT2D eigenvalue weighted by Crippen LogP contribution is 2.44. The lowest BCUT2D eigenvalue weighted by Gasteiger charge is -2.17. The molecule has 0 spiro atoms. The van der Waals surface area contributed by atoms with E-state index in [2.05, 4.69) is 22.6 Å². The van der Waals surface area contributed by atoms with Crippen LogP contribution in [0.5, 0.6) is 0 Å². The number of carboxylic acid groups (broad SMARTS) is 1. The molecule has 2 aromatic carbocycles. The second-order valence-corrected chi connectivity index (χ2v) is 7.37. The molecule has 7 nitrogen and oxygen atoms in total. The molecular formula is C23H22N2O5. The largest absolute Gasteiger partial charge is 0.480 e. The summed E-state index contributed by atoms with van der Waals surface area (Å²) in [6.45, 7) is 3.57. The van der Waals surface area contributed by atoms with Gasteiger partial charge in [-0.3, -0.25) is 0 Å². The first-order valence-corrected chi connectivity index (χ1v) is 9.71. The topological polar surface area (TPSA) is 102 Å². The molecule has 2 N–H and O–H groups in total. The molecule has 1 aliphatic rings. The van der Waals surface area contributed by atoms with Crippen molar-refractivity contribution in [3.05, 3.63) is 76.7 Å². The first kappa shape index (κ1) is 19.7. The van der Waals surface area contributed by atoms with E-state index < -0.39 is 18.1 Å². The Morgan fingerprint density at radius 3 is 2.23 bits per heavy atom. The van der Waals surface area contributed by atoms with Crippen molar-refractivity contribution in [2.75, 3.05) is 6.61 Å². The van der Waals surface area contributed by atoms with E-state index in [1.165, 1.54) is 0 Å². The van der Waals surface area contributed by atoms with E-state index in [0.717, 1.165) is 22.3 Å². The van der Waals surface area contributed by atoms with Crippen LogP contribution in [0.2, 0.25) is 0 Å². The molecule has 0 bridgehead atoms. The SMILES string of the molecule is Cc1noc(C)c1C[C@@H](NC(=O)OCC1c2ccccc2-c2ccccc21)C(=O)O. The van der Waals surface area contributed by atoms with Crippen molar-refractivity contribution in [1.29, 1.82) is 0 Å². The number of hydrogen-bond acceptors (Lipinski definition) is 5. The monoisotopic (exact) mass is 406 g/mol. The van der Waals surface area contributed by atoms with Crippen LogP contribution in [0.25, 0.3) is 11.1 Å². The van der Waals surface area contributed by atoms with Crippen molar-refractivity contribution in [3.8, 4) is 11.1 Å². The van der Waals surface area contributed by atoms with Gasteiger partial charge < -0.3 is 19.7 Å². The number of aryl methyl sites for hydroxylation is 2. The Kier molecular flexibility index (Phi) is 5.27. The number of alkyl carbamates (subject to hydrolysis) is 1. The molecule has 1 heterocycles. The van der Waals surface area contributed by atoms with Crippen LogP contribution >= 0.6 is 0 Å². The molecule has 7 heteroatoms. The minimum atomic E-state index is -1.15. The molecule has 1 atom stereocenters. The minimum Gasteiger partial charge on any atom is -0.480 e. The van der Waals surface area contributed by atoms with E-state index in [-0.39, 0.29) is 18.9 Å². The van der Waals surface area contributed by atoms with Gasteiger partial charge in [0.15, 0.2) is 0 Å². The highest BCUT2D eigenvalue weighted by Gasteiger charge is 2.30. The Hall–Kier alpha value is -3.61. The van der Waals surface area contributed by atoms with Gasteiger partial charge >= 0.3 is 12.1 Å². The standard InChI is InChI=1S/C23H22N2O5/c1-13-19(14(2)30-25-13)11-21(22(26)27)24-23(28)29-12-20-17-9-5-3-7-15(17)16-8-4-6-10-18(16)20/h3-10,20-21H,11-12H2,1-2H3,(H,24,28)(H,26,27)/t21-/m1/s1. The second-order valence-electron chi connectivity index (χ2n) is 7.37. The first-order chi connectivity index (χ1) is 14.5. The van der Waals surface area contributed by atoms with E-state index >= 15 is 0 Å². The number of amides is 1. The number of rotatable bonds is 6. The highest BCUT2D eigenvalue weighted by molar-refractivity contribution is 5.81. The molecule has 4 rings (SSSR count). The Bertz CT molecular complexity index is 1040. The third-order valence-electron chi connectivity index (χ3n) is 5.52. The number of aromatic nitrogens is 1. The summed E-state index contributed by atoms with van der Waals surface area (Å²) in [5.74, 6) is -0.703. The van der Waals surface area contributed by atoms with Crippen LogP contribution in [0.4, 0.5) is 4.79 Å². The molecule has 154 valence electrons. The van der Waals surface area contributed by atoms with Gasteiger partial charge in [-0.05, 0) is 36.1 Å². The summed E-state index contributed by atoms with van der Waals surface area (Å²) in [5.41, 5.74) is 5.72. The van der Waals surface area contributed by atoms with Gasteiger partial charge in [-0.1, -0.05) is 53.7 Å². The zero-order chi connectivity index (χ0) is 21.3. The van der Waals surface area contributed by atoms with Crippen LogP contribution < -0.4 is 5.32 Å². The Labute approximate surface area is 173 Å². The van der Waals surface area contributed by atoms with Gasteiger partial charge in [0.2, 0.25) is 0 Å². The molecule has 1 amide bonds. The van der Waals surface area contributed by atoms with Gasteiger partial charge in [-0.15, -0.1) is 0 Å². The number of benzene rings is 2. The lowest BCUT2D eigenvalue weighted by atomic mass is 9.98. The van der Waals surface area contributed by atoms with Crippen molar-refractivity contribution in [2.24, 2.45) is 0 Å². The van der Waals surface area contributed by atoms with E-state index in [0.29, 0.717) is 17.0 Å². The summed E-state index contributed by atoms with van der Waals surface area (Å²) < 4.78 is 10.5. The van der Waals surface area contributed by atoms with Crippen molar-refractivity contribution in [2.45, 2.75) is 32.2 Å². The van der Waals surface area contributed by atoms with Crippen LogP contribution in [0.15, 0.2) is 53.1 Å². The normalized spacial score (nSPS) is 13.4. The van der Waals surface area contributed by atoms with Gasteiger partial charge in [0.05, 0.1) is 5.69 Å². The van der Waals surface area contributed by atoms with Crippen molar-refractivity contribution < 1.29 is 24.0 Å². The number of carbonyl (C=O) groups is 2. The van der Waals surface area contributed by atoms with E-state index in [4.69, 9.17) is 9.26 Å². The zero-order valence-corrected chi connectivity index (χ0v) is 16.7. The maximum atomic E-state index is 12.4. The quantitative estimate of drug-likeness (QED) is 0.645. The molecule has 0 fully saturated rings. The van der Waals surface area contributed by atoms with Crippen LogP contribution in [-0.2, 0) is 16.0 Å². The van der Waals surface area contributed by atoms with Crippen molar-refractivity contribution >= 4 is 12.1 Å². The molecule has 0 aliphatic heterocycles. The molecular weight excluding hydrogens is 384 g/mol. The van der Waals surface area contributed by atoms with E-state index in [9.17, 15) is 14.7 Å². The average Bonchev–Trinajstić information content (AvgIpc) is 3.23. The van der Waals surface area contributed by atoms with Gasteiger partial charge in [-0.2, -0.15) is 0 Å². The smallest absolute Gasteiger partial charge is 0.407 e. The molecule has 0 unspecified atom stereocenters. The minimum absolute atomic E-state index is 0.0701. The maximum absolute atomic E-state index is 12.4. The predicted octanol–water partition coefficient (Wildman–Crippen LogP) is 3.83. The second kappa shape index (κ2) is 8.02. The molecule has 30 heavy (non-hydrogen) atoms. The molecule has 3 aromatic rings. The summed E-state index contributed by atoms with van der Waals surface area (Å²) >= 11 is 0. The molecule has 0 saturated carbocycles. The van der Waals surface area contributed by atoms with Crippen LogP contribution in [0.3, 0.4) is 0 Å². The predicted molar refractivity (Wildman–Crippen MR) is 109 cm³/mol. The van der Waals surface area contributed by atoms with Crippen molar-refractivity contribution in [1.82, 2.24) is 10.5 Å². The number of aliphatic carboxylic acids is 1. The maximum Gasteiger partial charge on any atom is 0.407 e. The van der Waals surface area contributed by atoms with Crippen LogP contribution in [0.1, 0.15) is 34.1 Å². The number of nitrogens with one attached hydrogen (secondary N) is 1. The molecule has 0 radical (unpaired) electrons. The first-order valence-electron chi connectivity index (χ1n) is 9.71. The zero-order valence-electron chi connectivity index (χ0n) is 16.7. The summed E-state index contributed by atoms with van der Waals surface area (Å²) in [4.78, 5) is 24.1. The molecule has 0 saturated heterocycles. The van der Waals surface area contributed by atoms with Crippen molar-refractivity contribution in [3.63, 3.8) is 0 Å². The highest BCUT2D eigenvalue weighted by atomic mass is 16.5. The number of fused-ring (bicyclic) bond motifs is 3. The Morgan fingerprint density at radius 1 is 1.10 bits per heavy atom. The molecule has 1 aliphatic carbocycles. The summed E-state index contributed by atoms with van der Waals surface area (Å²) in [5, 5.41) is 15.8. The number of carbonyl (C=O) groups excluding carboxylic acids is 1. The lowest BCUT2D eigenvalue weighted by Crippen LogP contribution is -2.43. The van der Waals surface area contributed by atoms with Gasteiger partial charge in [0, 0.05) is 17.9 Å². The Morgan fingerprint density at radius 2 is 1.70 bits per heavy atom. The number of hydrogen-bond donors (Lipinski definition) is 2.